The second-order valence-corrected chi connectivity index (χ2v) is 5.53. The minimum absolute atomic E-state index is 0.920. The van der Waals surface area contributed by atoms with Gasteiger partial charge in [0.15, 0.2) is 0 Å². The van der Waals surface area contributed by atoms with E-state index in [0.29, 0.717) is 0 Å². The largest absolute Gasteiger partial charge is 0.320 e. The Morgan fingerprint density at radius 2 is 2.11 bits per heavy atom. The summed E-state index contributed by atoms with van der Waals surface area (Å²) in [7, 11) is 4.04. The van der Waals surface area contributed by atoms with Crippen LogP contribution in [0.4, 0.5) is 0 Å². The summed E-state index contributed by atoms with van der Waals surface area (Å²) in [5.74, 6) is 0.920. The Morgan fingerprint density at radius 1 is 1.39 bits per heavy atom. The Labute approximate surface area is 110 Å². The van der Waals surface area contributed by atoms with Crippen LogP contribution in [0.2, 0.25) is 0 Å². The van der Waals surface area contributed by atoms with Gasteiger partial charge in [-0.05, 0) is 58.8 Å². The molecule has 0 bridgehead atoms. The number of nitrogens with one attached hydrogen (secondary N) is 1. The van der Waals surface area contributed by atoms with Crippen molar-refractivity contribution in [2.75, 3.05) is 26.7 Å². The van der Waals surface area contributed by atoms with E-state index >= 15 is 0 Å². The standard InChI is InChI=1S/C14H26N4/c1-12-14(10-17(3)16-12)11-18-8-5-13(6-9-18)4-7-15-2/h10,13,15H,4-9,11H2,1-3H3. The van der Waals surface area contributed by atoms with Crippen LogP contribution in [0.3, 0.4) is 0 Å². The molecule has 0 aromatic carbocycles. The highest BCUT2D eigenvalue weighted by Crippen LogP contribution is 2.21. The van der Waals surface area contributed by atoms with E-state index in [1.807, 2.05) is 18.8 Å². The van der Waals surface area contributed by atoms with Gasteiger partial charge in [0.05, 0.1) is 5.69 Å². The van der Waals surface area contributed by atoms with Crippen LogP contribution >= 0.6 is 0 Å². The molecule has 4 nitrogen and oxygen atoms in total. The smallest absolute Gasteiger partial charge is 0.0638 e. The van der Waals surface area contributed by atoms with E-state index in [2.05, 4.69) is 28.4 Å². The van der Waals surface area contributed by atoms with E-state index in [9.17, 15) is 0 Å². The third-order valence-corrected chi connectivity index (χ3v) is 4.02. The van der Waals surface area contributed by atoms with Crippen LogP contribution in [0.1, 0.15) is 30.5 Å². The summed E-state index contributed by atoms with van der Waals surface area (Å²) in [6, 6.07) is 0. The topological polar surface area (TPSA) is 33.1 Å². The molecular weight excluding hydrogens is 224 g/mol. The highest BCUT2D eigenvalue weighted by Gasteiger charge is 2.19. The van der Waals surface area contributed by atoms with E-state index in [0.717, 1.165) is 19.0 Å². The molecule has 1 N–H and O–H groups in total. The van der Waals surface area contributed by atoms with Gasteiger partial charge < -0.3 is 5.32 Å². The van der Waals surface area contributed by atoms with E-state index in [1.54, 1.807) is 0 Å². The summed E-state index contributed by atoms with van der Waals surface area (Å²) in [5.41, 5.74) is 2.56. The fourth-order valence-corrected chi connectivity index (χ4v) is 2.83. The molecule has 0 aliphatic carbocycles. The molecule has 1 saturated heterocycles. The zero-order valence-corrected chi connectivity index (χ0v) is 11.9. The fourth-order valence-electron chi connectivity index (χ4n) is 2.83. The van der Waals surface area contributed by atoms with Gasteiger partial charge in [-0.1, -0.05) is 0 Å². The second-order valence-electron chi connectivity index (χ2n) is 5.53. The van der Waals surface area contributed by atoms with Crippen molar-refractivity contribution >= 4 is 0 Å². The Kier molecular flexibility index (Phi) is 4.78. The molecule has 0 saturated carbocycles. The quantitative estimate of drug-likeness (QED) is 0.861. The third kappa shape index (κ3) is 3.56. The molecule has 0 unspecified atom stereocenters. The molecule has 4 heteroatoms. The molecule has 0 atom stereocenters. The fraction of sp³-hybridized carbons (Fsp3) is 0.786. The van der Waals surface area contributed by atoms with Crippen molar-refractivity contribution in [3.05, 3.63) is 17.5 Å². The van der Waals surface area contributed by atoms with E-state index in [1.165, 1.54) is 43.6 Å². The lowest BCUT2D eigenvalue weighted by Crippen LogP contribution is -2.34. The molecule has 18 heavy (non-hydrogen) atoms. The number of hydrogen-bond acceptors (Lipinski definition) is 3. The van der Waals surface area contributed by atoms with Gasteiger partial charge in [0.2, 0.25) is 0 Å². The van der Waals surface area contributed by atoms with Crippen LogP contribution in [-0.2, 0) is 13.6 Å². The second kappa shape index (κ2) is 6.34. The van der Waals surface area contributed by atoms with Gasteiger partial charge in [0.25, 0.3) is 0 Å². The molecule has 2 heterocycles. The maximum Gasteiger partial charge on any atom is 0.0638 e. The highest BCUT2D eigenvalue weighted by molar-refractivity contribution is 5.15. The van der Waals surface area contributed by atoms with Crippen molar-refractivity contribution in [2.45, 2.75) is 32.7 Å². The molecule has 0 radical (unpaired) electrons. The molecular formula is C14H26N4. The van der Waals surface area contributed by atoms with Gasteiger partial charge in [-0.2, -0.15) is 5.10 Å². The summed E-state index contributed by atoms with van der Waals surface area (Å²) in [5, 5.41) is 7.67. The van der Waals surface area contributed by atoms with Gasteiger partial charge in [-0.3, -0.25) is 9.58 Å². The molecule has 0 spiro atoms. The number of likely N-dealkylation sites (tertiary alicyclic amines) is 1. The Bertz CT molecular complexity index is 364. The van der Waals surface area contributed by atoms with Gasteiger partial charge >= 0.3 is 0 Å². The predicted molar refractivity (Wildman–Crippen MR) is 74.5 cm³/mol. The summed E-state index contributed by atoms with van der Waals surface area (Å²) in [4.78, 5) is 2.57. The zero-order valence-electron chi connectivity index (χ0n) is 11.9. The first-order valence-corrected chi connectivity index (χ1v) is 7.05. The van der Waals surface area contributed by atoms with Crippen molar-refractivity contribution in [1.82, 2.24) is 20.0 Å². The van der Waals surface area contributed by atoms with Crippen LogP contribution < -0.4 is 5.32 Å². The SMILES string of the molecule is CNCCC1CCN(Cc2cn(C)nc2C)CC1. The van der Waals surface area contributed by atoms with Crippen LogP contribution in [0.5, 0.6) is 0 Å². The Balaban J connectivity index is 1.78. The van der Waals surface area contributed by atoms with Crippen LogP contribution in [0, 0.1) is 12.8 Å². The van der Waals surface area contributed by atoms with Gasteiger partial charge in [0.1, 0.15) is 0 Å². The zero-order chi connectivity index (χ0) is 13.0. The molecule has 1 aromatic heterocycles. The molecule has 102 valence electrons. The summed E-state index contributed by atoms with van der Waals surface area (Å²) < 4.78 is 1.92. The first-order chi connectivity index (χ1) is 8.69. The van der Waals surface area contributed by atoms with E-state index in [-0.39, 0.29) is 0 Å². The molecule has 1 aliphatic rings. The number of aromatic nitrogens is 2. The first-order valence-electron chi connectivity index (χ1n) is 7.05. The van der Waals surface area contributed by atoms with Crippen molar-refractivity contribution in [3.63, 3.8) is 0 Å². The van der Waals surface area contributed by atoms with Crippen molar-refractivity contribution in [1.29, 1.82) is 0 Å². The lowest BCUT2D eigenvalue weighted by Gasteiger charge is -2.31. The van der Waals surface area contributed by atoms with Gasteiger partial charge in [-0.25, -0.2) is 0 Å². The maximum absolute atomic E-state index is 4.41. The minimum atomic E-state index is 0.920. The van der Waals surface area contributed by atoms with Gasteiger partial charge in [-0.15, -0.1) is 0 Å². The van der Waals surface area contributed by atoms with Crippen molar-refractivity contribution in [3.8, 4) is 0 Å². The first kappa shape index (κ1) is 13.6. The number of piperidine rings is 1. The number of aryl methyl sites for hydroxylation is 2. The minimum Gasteiger partial charge on any atom is -0.320 e. The Morgan fingerprint density at radius 3 is 2.67 bits per heavy atom. The summed E-state index contributed by atoms with van der Waals surface area (Å²) in [6.07, 6.45) is 6.18. The lowest BCUT2D eigenvalue weighted by molar-refractivity contribution is 0.172. The Hall–Kier alpha value is -0.870. The van der Waals surface area contributed by atoms with E-state index in [4.69, 9.17) is 0 Å². The van der Waals surface area contributed by atoms with Crippen molar-refractivity contribution < 1.29 is 0 Å². The maximum atomic E-state index is 4.41. The highest BCUT2D eigenvalue weighted by atomic mass is 15.3. The van der Waals surface area contributed by atoms with Gasteiger partial charge in [0, 0.05) is 25.4 Å². The number of rotatable bonds is 5. The van der Waals surface area contributed by atoms with Crippen LogP contribution in [-0.4, -0.2) is 41.4 Å². The average Bonchev–Trinajstić information content (AvgIpc) is 2.67. The monoisotopic (exact) mass is 250 g/mol. The lowest BCUT2D eigenvalue weighted by atomic mass is 9.93. The average molecular weight is 250 g/mol. The summed E-state index contributed by atoms with van der Waals surface area (Å²) >= 11 is 0. The van der Waals surface area contributed by atoms with Crippen LogP contribution in [0.15, 0.2) is 6.20 Å². The predicted octanol–water partition coefficient (Wildman–Crippen LogP) is 1.55. The molecule has 1 fully saturated rings. The molecule has 2 rings (SSSR count). The third-order valence-electron chi connectivity index (χ3n) is 4.02. The molecule has 1 aliphatic heterocycles. The van der Waals surface area contributed by atoms with Crippen LogP contribution in [0.25, 0.3) is 0 Å². The number of nitrogens with zero attached hydrogens (tertiary/aromatic N) is 3. The molecule has 0 amide bonds. The normalized spacial score (nSPS) is 18.4. The number of hydrogen-bond donors (Lipinski definition) is 1. The van der Waals surface area contributed by atoms with Crippen molar-refractivity contribution in [2.24, 2.45) is 13.0 Å². The summed E-state index contributed by atoms with van der Waals surface area (Å²) in [6.45, 7) is 6.81. The van der Waals surface area contributed by atoms with E-state index < -0.39 is 0 Å². The molecule has 1 aromatic rings.